The first-order valence-electron chi connectivity index (χ1n) is 8.37. The van der Waals surface area contributed by atoms with Crippen molar-refractivity contribution in [2.45, 2.75) is 25.2 Å². The lowest BCUT2D eigenvalue weighted by molar-refractivity contribution is 0.0987. The molecule has 0 saturated heterocycles. The number of nitrogens with two attached hydrogens (primary N) is 1. The Kier molecular flexibility index (Phi) is 5.24. The first kappa shape index (κ1) is 19.4. The van der Waals surface area contributed by atoms with Crippen LogP contribution in [0.2, 0.25) is 5.02 Å². The van der Waals surface area contributed by atoms with Crippen LogP contribution in [-0.2, 0) is 10.0 Å². The summed E-state index contributed by atoms with van der Waals surface area (Å²) in [7, 11) is -3.78. The van der Waals surface area contributed by atoms with Crippen molar-refractivity contribution in [2.24, 2.45) is 5.14 Å². The van der Waals surface area contributed by atoms with Crippen molar-refractivity contribution in [3.63, 3.8) is 0 Å². The minimum atomic E-state index is -3.78. The molecule has 5 nitrogen and oxygen atoms in total. The highest BCUT2D eigenvalue weighted by atomic mass is 35.5. The number of sulfonamides is 1. The molecule has 0 spiro atoms. The minimum Gasteiger partial charge on any atom is -0.313 e. The van der Waals surface area contributed by atoms with Crippen molar-refractivity contribution in [1.82, 2.24) is 4.57 Å². The predicted octanol–water partition coefficient (Wildman–Crippen LogP) is 4.35. The van der Waals surface area contributed by atoms with Gasteiger partial charge in [-0.1, -0.05) is 36.7 Å². The molecule has 0 saturated carbocycles. The Bertz CT molecular complexity index is 1120. The van der Waals surface area contributed by atoms with E-state index in [0.717, 1.165) is 17.0 Å². The zero-order valence-electron chi connectivity index (χ0n) is 14.9. The van der Waals surface area contributed by atoms with Crippen LogP contribution in [0.4, 0.5) is 0 Å². The molecule has 0 unspecified atom stereocenters. The second-order valence-corrected chi connectivity index (χ2v) is 8.13. The number of rotatable bonds is 5. The van der Waals surface area contributed by atoms with Crippen molar-refractivity contribution in [3.8, 4) is 16.9 Å². The standard InChI is InChI=1S/C20H19ClN2O3S/c1-3-20(24)17-12-19(16-6-4-5-7-18(16)21)23(13(17)2)14-8-10-15(11-9-14)27(22,25)26/h4-12H,3H2,1-2H3,(H2,22,25,26). The number of hydrogen-bond donors (Lipinski definition) is 1. The van der Waals surface area contributed by atoms with E-state index in [1.165, 1.54) is 12.1 Å². The third-order valence-electron chi connectivity index (χ3n) is 4.44. The zero-order chi connectivity index (χ0) is 19.8. The molecular formula is C20H19ClN2O3S. The molecule has 3 aromatic rings. The number of aromatic nitrogens is 1. The third-order valence-corrected chi connectivity index (χ3v) is 5.70. The van der Waals surface area contributed by atoms with Crippen LogP contribution < -0.4 is 5.14 Å². The molecular weight excluding hydrogens is 384 g/mol. The van der Waals surface area contributed by atoms with Gasteiger partial charge in [0, 0.05) is 34.0 Å². The number of nitrogens with zero attached hydrogens (tertiary/aromatic N) is 1. The van der Waals surface area contributed by atoms with E-state index < -0.39 is 10.0 Å². The topological polar surface area (TPSA) is 82.2 Å². The molecule has 2 N–H and O–H groups in total. The van der Waals surface area contributed by atoms with E-state index in [1.807, 2.05) is 42.7 Å². The van der Waals surface area contributed by atoms with Crippen LogP contribution in [0.3, 0.4) is 0 Å². The van der Waals surface area contributed by atoms with E-state index in [4.69, 9.17) is 16.7 Å². The Morgan fingerprint density at radius 3 is 2.30 bits per heavy atom. The van der Waals surface area contributed by atoms with Gasteiger partial charge in [0.2, 0.25) is 10.0 Å². The van der Waals surface area contributed by atoms with E-state index in [-0.39, 0.29) is 10.7 Å². The van der Waals surface area contributed by atoms with E-state index in [2.05, 4.69) is 0 Å². The van der Waals surface area contributed by atoms with Crippen LogP contribution in [0.1, 0.15) is 29.4 Å². The van der Waals surface area contributed by atoms with Crippen LogP contribution >= 0.6 is 11.6 Å². The van der Waals surface area contributed by atoms with Crippen molar-refractivity contribution in [3.05, 3.63) is 70.9 Å². The fourth-order valence-corrected chi connectivity index (χ4v) is 3.81. The second kappa shape index (κ2) is 7.31. The summed E-state index contributed by atoms with van der Waals surface area (Å²) >= 11 is 6.38. The molecule has 0 bridgehead atoms. The Hall–Kier alpha value is -2.41. The van der Waals surface area contributed by atoms with Gasteiger partial charge in [-0.2, -0.15) is 0 Å². The van der Waals surface area contributed by atoms with Crippen LogP contribution in [0.25, 0.3) is 16.9 Å². The Morgan fingerprint density at radius 1 is 1.11 bits per heavy atom. The largest absolute Gasteiger partial charge is 0.313 e. The minimum absolute atomic E-state index is 0.0280. The average Bonchev–Trinajstić information content (AvgIpc) is 2.98. The molecule has 3 rings (SSSR count). The monoisotopic (exact) mass is 402 g/mol. The zero-order valence-corrected chi connectivity index (χ0v) is 16.5. The fourth-order valence-electron chi connectivity index (χ4n) is 3.06. The number of primary sulfonamides is 1. The van der Waals surface area contributed by atoms with Crippen molar-refractivity contribution in [1.29, 1.82) is 0 Å². The summed E-state index contributed by atoms with van der Waals surface area (Å²) in [5, 5.41) is 5.74. The van der Waals surface area contributed by atoms with Crippen molar-refractivity contribution < 1.29 is 13.2 Å². The maximum atomic E-state index is 12.4. The molecule has 1 aromatic heterocycles. The number of halogens is 1. The first-order valence-corrected chi connectivity index (χ1v) is 10.3. The van der Waals surface area contributed by atoms with E-state index >= 15 is 0 Å². The molecule has 0 aliphatic heterocycles. The molecule has 0 aliphatic rings. The van der Waals surface area contributed by atoms with Gasteiger partial charge in [0.1, 0.15) is 0 Å². The second-order valence-electron chi connectivity index (χ2n) is 6.16. The quantitative estimate of drug-likeness (QED) is 0.644. The molecule has 1 heterocycles. The lowest BCUT2D eigenvalue weighted by Crippen LogP contribution is -2.12. The van der Waals surface area contributed by atoms with E-state index in [0.29, 0.717) is 22.7 Å². The molecule has 7 heteroatoms. The summed E-state index contributed by atoms with van der Waals surface area (Å²) in [5.41, 5.74) is 3.64. The molecule has 2 aromatic carbocycles. The molecule has 0 atom stereocenters. The Morgan fingerprint density at radius 2 is 1.74 bits per heavy atom. The lowest BCUT2D eigenvalue weighted by Gasteiger charge is -2.13. The maximum Gasteiger partial charge on any atom is 0.238 e. The van der Waals surface area contributed by atoms with Gasteiger partial charge in [-0.3, -0.25) is 4.79 Å². The van der Waals surface area contributed by atoms with Crippen LogP contribution in [0, 0.1) is 6.92 Å². The van der Waals surface area contributed by atoms with Gasteiger partial charge < -0.3 is 4.57 Å². The highest BCUT2D eigenvalue weighted by Crippen LogP contribution is 2.34. The number of benzene rings is 2. The molecule has 0 aliphatic carbocycles. The highest BCUT2D eigenvalue weighted by Gasteiger charge is 2.20. The van der Waals surface area contributed by atoms with Crippen molar-refractivity contribution >= 4 is 27.4 Å². The normalized spacial score (nSPS) is 11.6. The summed E-state index contributed by atoms with van der Waals surface area (Å²) in [6.45, 7) is 3.67. The van der Waals surface area contributed by atoms with E-state index in [1.54, 1.807) is 18.2 Å². The first-order chi connectivity index (χ1) is 12.7. The van der Waals surface area contributed by atoms with Gasteiger partial charge in [0.05, 0.1) is 10.6 Å². The SMILES string of the molecule is CCC(=O)c1cc(-c2ccccc2Cl)n(-c2ccc(S(N)(=O)=O)cc2)c1C. The summed E-state index contributed by atoms with van der Waals surface area (Å²) < 4.78 is 24.9. The molecule has 140 valence electrons. The average molecular weight is 403 g/mol. The number of carbonyl (C=O) groups is 1. The predicted molar refractivity (Wildman–Crippen MR) is 107 cm³/mol. The smallest absolute Gasteiger partial charge is 0.238 e. The van der Waals surface area contributed by atoms with Crippen LogP contribution in [-0.4, -0.2) is 18.8 Å². The molecule has 0 amide bonds. The van der Waals surface area contributed by atoms with Gasteiger partial charge in [-0.05, 0) is 43.3 Å². The number of hydrogen-bond acceptors (Lipinski definition) is 3. The lowest BCUT2D eigenvalue weighted by atomic mass is 10.1. The van der Waals surface area contributed by atoms with E-state index in [9.17, 15) is 13.2 Å². The number of Topliss-reactive ketones (excluding diaryl/α,β-unsaturated/α-hetero) is 1. The fraction of sp³-hybridized carbons (Fsp3) is 0.150. The molecule has 0 radical (unpaired) electrons. The van der Waals surface area contributed by atoms with Crippen molar-refractivity contribution in [2.75, 3.05) is 0 Å². The third kappa shape index (κ3) is 3.69. The Labute approximate surface area is 163 Å². The summed E-state index contributed by atoms with van der Waals surface area (Å²) in [5.74, 6) is 0.0284. The summed E-state index contributed by atoms with van der Waals surface area (Å²) in [6, 6.07) is 15.4. The van der Waals surface area contributed by atoms with Crippen LogP contribution in [0.15, 0.2) is 59.5 Å². The van der Waals surface area contributed by atoms with Gasteiger partial charge in [-0.15, -0.1) is 0 Å². The van der Waals surface area contributed by atoms with Gasteiger partial charge >= 0.3 is 0 Å². The maximum absolute atomic E-state index is 12.4. The van der Waals surface area contributed by atoms with Gasteiger partial charge in [-0.25, -0.2) is 13.6 Å². The van der Waals surface area contributed by atoms with Gasteiger partial charge in [0.15, 0.2) is 5.78 Å². The summed E-state index contributed by atoms with van der Waals surface area (Å²) in [4.78, 5) is 12.4. The number of carbonyl (C=O) groups excluding carboxylic acids is 1. The van der Waals surface area contributed by atoms with Gasteiger partial charge in [0.25, 0.3) is 0 Å². The van der Waals surface area contributed by atoms with Crippen LogP contribution in [0.5, 0.6) is 0 Å². The molecule has 0 fully saturated rings. The Balaban J connectivity index is 2.26. The highest BCUT2D eigenvalue weighted by molar-refractivity contribution is 7.89. The summed E-state index contributed by atoms with van der Waals surface area (Å²) in [6.07, 6.45) is 0.386. The molecule has 27 heavy (non-hydrogen) atoms. The number of ketones is 1.